The lowest BCUT2D eigenvalue weighted by Crippen LogP contribution is -2.50. The van der Waals surface area contributed by atoms with Crippen molar-refractivity contribution in [3.63, 3.8) is 0 Å². The highest BCUT2D eigenvalue weighted by atomic mass is 16.5. The van der Waals surface area contributed by atoms with Crippen LogP contribution in [0.3, 0.4) is 0 Å². The molecule has 1 atom stereocenters. The fourth-order valence-electron chi connectivity index (χ4n) is 4.61. The Kier molecular flexibility index (Phi) is 7.25. The van der Waals surface area contributed by atoms with Gasteiger partial charge < -0.3 is 9.15 Å². The molecule has 0 bridgehead atoms. The minimum absolute atomic E-state index is 0.00868. The van der Waals surface area contributed by atoms with Gasteiger partial charge in [-0.3, -0.25) is 14.6 Å². The molecule has 5 rings (SSSR count). The second kappa shape index (κ2) is 10.9. The Labute approximate surface area is 206 Å². The Hall–Kier alpha value is -3.42. The summed E-state index contributed by atoms with van der Waals surface area (Å²) in [7, 11) is 0. The van der Waals surface area contributed by atoms with E-state index in [0.29, 0.717) is 19.6 Å². The van der Waals surface area contributed by atoms with Crippen molar-refractivity contribution < 1.29 is 13.9 Å². The number of piperazine rings is 1. The molecular weight excluding hydrogens is 440 g/mol. The van der Waals surface area contributed by atoms with Crippen molar-refractivity contribution in [1.29, 1.82) is 0 Å². The van der Waals surface area contributed by atoms with Gasteiger partial charge in [-0.25, -0.2) is 5.01 Å². The number of hydrogen-bond donors (Lipinski definition) is 0. The highest BCUT2D eigenvalue weighted by Gasteiger charge is 2.35. The van der Waals surface area contributed by atoms with Gasteiger partial charge in [0.1, 0.15) is 24.2 Å². The van der Waals surface area contributed by atoms with Crippen molar-refractivity contribution in [2.24, 2.45) is 5.10 Å². The minimum atomic E-state index is -0.203. The maximum Gasteiger partial charge on any atom is 0.257 e. The lowest BCUT2D eigenvalue weighted by Gasteiger charge is -2.34. The van der Waals surface area contributed by atoms with E-state index in [4.69, 9.17) is 14.3 Å². The van der Waals surface area contributed by atoms with Crippen molar-refractivity contribution in [3.05, 3.63) is 89.9 Å². The minimum Gasteiger partial charge on any atom is -0.492 e. The van der Waals surface area contributed by atoms with Crippen LogP contribution < -0.4 is 4.74 Å². The number of nitrogens with zero attached hydrogens (tertiary/aromatic N) is 4. The normalized spacial score (nSPS) is 19.1. The summed E-state index contributed by atoms with van der Waals surface area (Å²) in [6.45, 7) is 7.52. The Bertz CT molecular complexity index is 1120. The number of amides is 1. The molecule has 1 fully saturated rings. The van der Waals surface area contributed by atoms with E-state index in [-0.39, 0.29) is 11.9 Å². The van der Waals surface area contributed by atoms with E-state index in [1.165, 1.54) is 5.56 Å². The van der Waals surface area contributed by atoms with Gasteiger partial charge in [-0.05, 0) is 36.8 Å². The van der Waals surface area contributed by atoms with E-state index < -0.39 is 0 Å². The van der Waals surface area contributed by atoms with Crippen molar-refractivity contribution in [1.82, 2.24) is 14.8 Å². The molecule has 2 aromatic carbocycles. The highest BCUT2D eigenvalue weighted by Crippen LogP contribution is 2.33. The van der Waals surface area contributed by atoms with Crippen LogP contribution in [-0.2, 0) is 4.79 Å². The number of carbonyl (C=O) groups excluding carboxylic acids is 1. The van der Waals surface area contributed by atoms with Crippen LogP contribution in [0.25, 0.3) is 0 Å². The molecule has 0 saturated carbocycles. The van der Waals surface area contributed by atoms with Crippen molar-refractivity contribution in [2.75, 3.05) is 45.9 Å². The molecule has 1 saturated heterocycles. The third-order valence-electron chi connectivity index (χ3n) is 6.67. The van der Waals surface area contributed by atoms with Crippen molar-refractivity contribution >= 4 is 11.6 Å². The van der Waals surface area contributed by atoms with E-state index in [1.807, 2.05) is 42.5 Å². The number of benzene rings is 2. The Morgan fingerprint density at radius 2 is 1.71 bits per heavy atom. The van der Waals surface area contributed by atoms with Gasteiger partial charge in [0.2, 0.25) is 0 Å². The first-order chi connectivity index (χ1) is 17.2. The summed E-state index contributed by atoms with van der Waals surface area (Å²) < 4.78 is 11.5. The van der Waals surface area contributed by atoms with Crippen LogP contribution in [0.4, 0.5) is 0 Å². The summed E-state index contributed by atoms with van der Waals surface area (Å²) in [5.41, 5.74) is 3.17. The van der Waals surface area contributed by atoms with Gasteiger partial charge in [0.25, 0.3) is 5.91 Å². The van der Waals surface area contributed by atoms with E-state index in [9.17, 15) is 4.79 Å². The first kappa shape index (κ1) is 23.3. The Morgan fingerprint density at radius 3 is 2.43 bits per heavy atom. The van der Waals surface area contributed by atoms with Crippen molar-refractivity contribution in [3.8, 4) is 5.75 Å². The second-order valence-electron chi connectivity index (χ2n) is 9.17. The Balaban J connectivity index is 1.16. The third kappa shape index (κ3) is 5.81. The summed E-state index contributed by atoms with van der Waals surface area (Å²) in [5, 5.41) is 6.39. The largest absolute Gasteiger partial charge is 0.492 e. The fourth-order valence-corrected chi connectivity index (χ4v) is 4.61. The lowest BCUT2D eigenvalue weighted by atomic mass is 10.0. The number of rotatable bonds is 8. The monoisotopic (exact) mass is 472 g/mol. The van der Waals surface area contributed by atoms with E-state index in [2.05, 4.69) is 41.0 Å². The molecule has 35 heavy (non-hydrogen) atoms. The first-order valence-corrected chi connectivity index (χ1v) is 12.3. The molecule has 3 aromatic rings. The quantitative estimate of drug-likeness (QED) is 0.497. The molecule has 0 radical (unpaired) electrons. The molecule has 7 nitrogen and oxygen atoms in total. The number of furan rings is 1. The standard InChI is InChI=1S/C28H32N4O3/c1-22-9-11-23(12-10-22)25-20-26(27-8-5-18-35-27)32(29-25)28(33)21-31-15-13-30(14-16-31)17-19-34-24-6-3-2-4-7-24/h2-12,18,26H,13-17,19-21H2,1H3. The number of aryl methyl sites for hydroxylation is 1. The summed E-state index contributed by atoms with van der Waals surface area (Å²) in [5.74, 6) is 1.68. The van der Waals surface area contributed by atoms with Crippen LogP contribution in [0.2, 0.25) is 0 Å². The summed E-state index contributed by atoms with van der Waals surface area (Å²) in [6, 6.07) is 21.8. The smallest absolute Gasteiger partial charge is 0.257 e. The van der Waals surface area contributed by atoms with Gasteiger partial charge in [-0.2, -0.15) is 5.10 Å². The number of para-hydroxylation sites is 1. The lowest BCUT2D eigenvalue weighted by molar-refractivity contribution is -0.135. The number of hydrogen-bond acceptors (Lipinski definition) is 6. The second-order valence-corrected chi connectivity index (χ2v) is 9.17. The molecule has 1 aromatic heterocycles. The van der Waals surface area contributed by atoms with Gasteiger partial charge in [-0.1, -0.05) is 48.0 Å². The summed E-state index contributed by atoms with van der Waals surface area (Å²) in [4.78, 5) is 18.0. The Morgan fingerprint density at radius 1 is 0.971 bits per heavy atom. The zero-order valence-electron chi connectivity index (χ0n) is 20.2. The van der Waals surface area contributed by atoms with E-state index in [1.54, 1.807) is 11.3 Å². The third-order valence-corrected chi connectivity index (χ3v) is 6.67. The van der Waals surface area contributed by atoms with Crippen molar-refractivity contribution in [2.45, 2.75) is 19.4 Å². The van der Waals surface area contributed by atoms with Gasteiger partial charge in [-0.15, -0.1) is 0 Å². The number of carbonyl (C=O) groups is 1. The molecule has 7 heteroatoms. The summed E-state index contributed by atoms with van der Waals surface area (Å²) >= 11 is 0. The molecule has 2 aliphatic rings. The van der Waals surface area contributed by atoms with E-state index >= 15 is 0 Å². The van der Waals surface area contributed by atoms with Crippen LogP contribution in [0, 0.1) is 6.92 Å². The molecule has 0 spiro atoms. The van der Waals surface area contributed by atoms with Crippen LogP contribution in [0.5, 0.6) is 5.75 Å². The zero-order chi connectivity index (χ0) is 24.0. The van der Waals surface area contributed by atoms with Gasteiger partial charge in [0, 0.05) is 39.1 Å². The SMILES string of the molecule is Cc1ccc(C2=NN(C(=O)CN3CCN(CCOc4ccccc4)CC3)C(c3ccco3)C2)cc1. The van der Waals surface area contributed by atoms with Gasteiger partial charge in [0.05, 0.1) is 18.5 Å². The predicted octanol–water partition coefficient (Wildman–Crippen LogP) is 3.96. The molecular formula is C28H32N4O3. The number of hydrazone groups is 1. The van der Waals surface area contributed by atoms with Crippen LogP contribution in [0.15, 0.2) is 82.5 Å². The average Bonchev–Trinajstić information content (AvgIpc) is 3.57. The highest BCUT2D eigenvalue weighted by molar-refractivity contribution is 6.03. The van der Waals surface area contributed by atoms with Gasteiger partial charge >= 0.3 is 0 Å². The molecule has 1 unspecified atom stereocenters. The molecule has 182 valence electrons. The van der Waals surface area contributed by atoms with Crippen LogP contribution >= 0.6 is 0 Å². The van der Waals surface area contributed by atoms with E-state index in [0.717, 1.165) is 55.5 Å². The molecule has 0 N–H and O–H groups in total. The average molecular weight is 473 g/mol. The van der Waals surface area contributed by atoms with Crippen LogP contribution in [0.1, 0.15) is 29.3 Å². The van der Waals surface area contributed by atoms with Gasteiger partial charge in [0.15, 0.2) is 0 Å². The molecule has 3 heterocycles. The zero-order valence-corrected chi connectivity index (χ0v) is 20.2. The maximum absolute atomic E-state index is 13.4. The topological polar surface area (TPSA) is 61.5 Å². The first-order valence-electron chi connectivity index (χ1n) is 12.3. The number of ether oxygens (including phenoxy) is 1. The predicted molar refractivity (Wildman–Crippen MR) is 135 cm³/mol. The maximum atomic E-state index is 13.4. The molecule has 0 aliphatic carbocycles. The summed E-state index contributed by atoms with van der Waals surface area (Å²) in [6.07, 6.45) is 2.31. The molecule has 2 aliphatic heterocycles. The van der Waals surface area contributed by atoms with Crippen LogP contribution in [-0.4, -0.2) is 72.3 Å². The fraction of sp³-hybridized carbons (Fsp3) is 0.357. The molecule has 1 amide bonds.